The Morgan fingerprint density at radius 3 is 2.64 bits per heavy atom. The highest BCUT2D eigenvalue weighted by molar-refractivity contribution is 8.16. The van der Waals surface area contributed by atoms with Gasteiger partial charge < -0.3 is 4.74 Å². The van der Waals surface area contributed by atoms with Gasteiger partial charge in [-0.15, -0.1) is 23.5 Å². The minimum Gasteiger partial charge on any atom is -0.487 e. The van der Waals surface area contributed by atoms with Gasteiger partial charge in [-0.2, -0.15) is 5.26 Å². The quantitative estimate of drug-likeness (QED) is 0.486. The molecular weight excluding hydrogens is 384 g/mol. The van der Waals surface area contributed by atoms with Crippen molar-refractivity contribution in [3.63, 3.8) is 0 Å². The molecule has 0 saturated carbocycles. The van der Waals surface area contributed by atoms with E-state index in [0.717, 1.165) is 22.3 Å². The predicted octanol–water partition coefficient (Wildman–Crippen LogP) is 6.60. The second kappa shape index (κ2) is 11.0. The van der Waals surface area contributed by atoms with Crippen LogP contribution in [0.25, 0.3) is 10.9 Å². The number of pyridine rings is 1. The molecule has 0 N–H and O–H groups in total. The molecule has 3 aromatic rings. The van der Waals surface area contributed by atoms with Crippen LogP contribution in [-0.4, -0.2) is 16.5 Å². The lowest BCUT2D eigenvalue weighted by Crippen LogP contribution is -2.02. The number of thioether (sulfide) groups is 2. The molecule has 2 heterocycles. The molecule has 1 aliphatic heterocycles. The minimum atomic E-state index is 0.499. The summed E-state index contributed by atoms with van der Waals surface area (Å²) in [6, 6.07) is 22.7. The summed E-state index contributed by atoms with van der Waals surface area (Å²) in [6.45, 7) is 2.32. The van der Waals surface area contributed by atoms with E-state index in [1.165, 1.54) is 23.5 Å². The van der Waals surface area contributed by atoms with Gasteiger partial charge in [-0.1, -0.05) is 43.3 Å². The lowest BCUT2D eigenvalue weighted by atomic mass is 10.2. The van der Waals surface area contributed by atoms with Crippen LogP contribution in [-0.2, 0) is 6.61 Å². The van der Waals surface area contributed by atoms with Crippen LogP contribution in [0, 0.1) is 11.3 Å². The molecule has 0 amide bonds. The van der Waals surface area contributed by atoms with Crippen molar-refractivity contribution in [2.45, 2.75) is 31.0 Å². The van der Waals surface area contributed by atoms with E-state index in [1.807, 2.05) is 66.8 Å². The number of hydrogen-bond donors (Lipinski definition) is 0. The van der Waals surface area contributed by atoms with E-state index < -0.39 is 0 Å². The summed E-state index contributed by atoms with van der Waals surface area (Å²) < 4.78 is 6.53. The summed E-state index contributed by atoms with van der Waals surface area (Å²) in [5, 5.41) is 8.79. The zero-order chi connectivity index (χ0) is 19.6. The fourth-order valence-corrected chi connectivity index (χ4v) is 5.65. The number of aromatic nitrogens is 1. The van der Waals surface area contributed by atoms with Crippen molar-refractivity contribution in [1.29, 1.82) is 5.26 Å². The molecule has 5 heteroatoms. The van der Waals surface area contributed by atoms with Crippen LogP contribution in [0.4, 0.5) is 0 Å². The highest BCUT2D eigenvalue weighted by atomic mass is 32.2. The van der Waals surface area contributed by atoms with E-state index in [4.69, 9.17) is 10.00 Å². The average molecular weight is 409 g/mol. The highest BCUT2D eigenvalue weighted by Gasteiger charge is 2.16. The number of rotatable bonds is 4. The third-order valence-corrected chi connectivity index (χ3v) is 7.17. The van der Waals surface area contributed by atoms with Gasteiger partial charge in [0.1, 0.15) is 12.4 Å². The third kappa shape index (κ3) is 5.92. The summed E-state index contributed by atoms with van der Waals surface area (Å²) in [5.41, 5.74) is 3.33. The van der Waals surface area contributed by atoms with Crippen molar-refractivity contribution in [3.05, 3.63) is 71.9 Å². The Morgan fingerprint density at radius 2 is 1.86 bits per heavy atom. The number of benzene rings is 2. The van der Waals surface area contributed by atoms with E-state index in [1.54, 1.807) is 0 Å². The molecule has 0 spiro atoms. The van der Waals surface area contributed by atoms with Gasteiger partial charge in [-0.3, -0.25) is 0 Å². The van der Waals surface area contributed by atoms with Gasteiger partial charge in [0, 0.05) is 11.8 Å². The number of para-hydroxylation sites is 1. The first kappa shape index (κ1) is 20.6. The molecule has 0 radical (unpaired) electrons. The SMILES string of the molecule is CCC#N.c1cc(OCc2ccc3ccccc3n2)cc(C2SCCCS2)c1. The van der Waals surface area contributed by atoms with Crippen LogP contribution >= 0.6 is 23.5 Å². The van der Waals surface area contributed by atoms with Gasteiger partial charge in [0.25, 0.3) is 0 Å². The summed E-state index contributed by atoms with van der Waals surface area (Å²) in [7, 11) is 0. The van der Waals surface area contributed by atoms with E-state index in [9.17, 15) is 0 Å². The Balaban J connectivity index is 0.000000516. The predicted molar refractivity (Wildman–Crippen MR) is 121 cm³/mol. The molecule has 4 rings (SSSR count). The Hall–Kier alpha value is -2.16. The molecule has 1 fully saturated rings. The number of fused-ring (bicyclic) bond motifs is 1. The van der Waals surface area contributed by atoms with E-state index >= 15 is 0 Å². The lowest BCUT2D eigenvalue weighted by Gasteiger charge is -2.21. The molecule has 1 aromatic heterocycles. The standard InChI is InChI=1S/C20H19NOS2.C3H5N/c1-2-8-19-15(5-1)9-10-17(21-19)14-22-18-7-3-6-16(13-18)20-23-11-4-12-24-20;1-2-3-4/h1-3,5-10,13,20H,4,11-12,14H2;2H2,1H3. The van der Waals surface area contributed by atoms with Crippen LogP contribution in [0.2, 0.25) is 0 Å². The maximum atomic E-state index is 7.62. The fourth-order valence-electron chi connectivity index (χ4n) is 2.78. The first-order valence-electron chi connectivity index (χ1n) is 9.47. The lowest BCUT2D eigenvalue weighted by molar-refractivity contribution is 0.301. The average Bonchev–Trinajstić information content (AvgIpc) is 2.78. The topological polar surface area (TPSA) is 45.9 Å². The highest BCUT2D eigenvalue weighted by Crippen LogP contribution is 2.44. The molecule has 28 heavy (non-hydrogen) atoms. The van der Waals surface area contributed by atoms with E-state index in [0.29, 0.717) is 17.6 Å². The Kier molecular flexibility index (Phi) is 8.07. The molecule has 144 valence electrons. The zero-order valence-corrected chi connectivity index (χ0v) is 17.6. The number of hydrogen-bond acceptors (Lipinski definition) is 5. The van der Waals surface area contributed by atoms with Crippen molar-refractivity contribution in [1.82, 2.24) is 4.98 Å². The smallest absolute Gasteiger partial charge is 0.130 e. The van der Waals surface area contributed by atoms with Crippen LogP contribution in [0.5, 0.6) is 5.75 Å². The Labute approximate surface area is 175 Å². The van der Waals surface area contributed by atoms with Crippen LogP contribution in [0.1, 0.15) is 35.6 Å². The molecule has 0 aliphatic carbocycles. The largest absolute Gasteiger partial charge is 0.487 e. The monoisotopic (exact) mass is 408 g/mol. The van der Waals surface area contributed by atoms with E-state index in [-0.39, 0.29) is 0 Å². The number of nitriles is 1. The Morgan fingerprint density at radius 1 is 1.07 bits per heavy atom. The molecule has 3 nitrogen and oxygen atoms in total. The van der Waals surface area contributed by atoms with Gasteiger partial charge in [-0.05, 0) is 47.8 Å². The molecule has 0 unspecified atom stereocenters. The first-order valence-corrected chi connectivity index (χ1v) is 11.6. The second-order valence-electron chi connectivity index (χ2n) is 6.30. The van der Waals surface area contributed by atoms with Gasteiger partial charge in [0.05, 0.1) is 21.9 Å². The molecular formula is C23H24N2OS2. The number of ether oxygens (including phenoxy) is 1. The maximum absolute atomic E-state index is 7.62. The van der Waals surface area contributed by atoms with Crippen LogP contribution < -0.4 is 4.74 Å². The summed E-state index contributed by atoms with van der Waals surface area (Å²) >= 11 is 4.07. The van der Waals surface area contributed by atoms with E-state index in [2.05, 4.69) is 35.3 Å². The van der Waals surface area contributed by atoms with Crippen LogP contribution in [0.3, 0.4) is 0 Å². The van der Waals surface area contributed by atoms with Crippen molar-refractivity contribution in [3.8, 4) is 11.8 Å². The number of nitrogens with zero attached hydrogens (tertiary/aromatic N) is 2. The second-order valence-corrected chi connectivity index (χ2v) is 9.02. The molecule has 0 atom stereocenters. The Bertz CT molecular complexity index is 933. The van der Waals surface area contributed by atoms with Gasteiger partial charge in [0.2, 0.25) is 0 Å². The first-order chi connectivity index (χ1) is 13.8. The normalized spacial score (nSPS) is 14.0. The summed E-state index contributed by atoms with van der Waals surface area (Å²) in [6.07, 6.45) is 1.94. The molecule has 2 aromatic carbocycles. The molecule has 0 bridgehead atoms. The maximum Gasteiger partial charge on any atom is 0.130 e. The van der Waals surface area contributed by atoms with Crippen molar-refractivity contribution in [2.24, 2.45) is 0 Å². The molecule has 1 saturated heterocycles. The van der Waals surface area contributed by atoms with Gasteiger partial charge in [0.15, 0.2) is 0 Å². The van der Waals surface area contributed by atoms with Gasteiger partial charge >= 0.3 is 0 Å². The zero-order valence-electron chi connectivity index (χ0n) is 16.0. The minimum absolute atomic E-state index is 0.499. The van der Waals surface area contributed by atoms with Crippen molar-refractivity contribution < 1.29 is 4.74 Å². The third-order valence-electron chi connectivity index (χ3n) is 4.16. The van der Waals surface area contributed by atoms with Crippen LogP contribution in [0.15, 0.2) is 60.7 Å². The summed E-state index contributed by atoms with van der Waals surface area (Å²) in [5.74, 6) is 3.43. The van der Waals surface area contributed by atoms with Crippen molar-refractivity contribution >= 4 is 34.4 Å². The molecule has 1 aliphatic rings. The van der Waals surface area contributed by atoms with Gasteiger partial charge in [-0.25, -0.2) is 4.98 Å². The fraction of sp³-hybridized carbons (Fsp3) is 0.304. The summed E-state index contributed by atoms with van der Waals surface area (Å²) in [4.78, 5) is 4.67. The van der Waals surface area contributed by atoms with Crippen molar-refractivity contribution in [2.75, 3.05) is 11.5 Å².